The van der Waals surface area contributed by atoms with Gasteiger partial charge in [0.05, 0.1) is 8.66 Å². The molecule has 0 saturated heterocycles. The molecule has 0 aliphatic heterocycles. The van der Waals surface area contributed by atoms with Crippen LogP contribution in [0.4, 0.5) is 5.82 Å². The highest BCUT2D eigenvalue weighted by Crippen LogP contribution is 2.23. The van der Waals surface area contributed by atoms with Crippen LogP contribution in [0.3, 0.4) is 0 Å². The van der Waals surface area contributed by atoms with Gasteiger partial charge in [0.15, 0.2) is 0 Å². The summed E-state index contributed by atoms with van der Waals surface area (Å²) >= 11 is 15.9. The Balaban J connectivity index is 2.18. The summed E-state index contributed by atoms with van der Waals surface area (Å²) in [6, 6.07) is 4.92. The molecule has 0 aliphatic rings. The highest BCUT2D eigenvalue weighted by Gasteiger charge is 2.10. The molecule has 88 valence electrons. The maximum atomic E-state index is 11.8. The van der Waals surface area contributed by atoms with Crippen LogP contribution in [-0.4, -0.2) is 15.9 Å². The van der Waals surface area contributed by atoms with E-state index in [-0.39, 0.29) is 22.2 Å². The van der Waals surface area contributed by atoms with E-state index in [0.717, 1.165) is 3.79 Å². The maximum Gasteiger partial charge on any atom is 0.266 e. The lowest BCUT2D eigenvalue weighted by atomic mass is 10.4. The van der Waals surface area contributed by atoms with E-state index in [2.05, 4.69) is 31.2 Å². The molecule has 0 atom stereocenters. The fourth-order valence-corrected chi connectivity index (χ4v) is 2.76. The second-order valence-corrected chi connectivity index (χ2v) is 6.09. The Labute approximate surface area is 119 Å². The Kier molecular flexibility index (Phi) is 3.98. The van der Waals surface area contributed by atoms with Crippen LogP contribution in [0.15, 0.2) is 22.0 Å². The van der Waals surface area contributed by atoms with E-state index in [1.165, 1.54) is 17.4 Å². The molecular formula is C9H4BrCl2N3OS. The number of carbonyl (C=O) groups is 1. The standard InChI is InChI=1S/C9H4BrCl2N3OS/c10-5-2-1-4(17-5)8(16)14-7-3-6(11)13-9(12)15-7/h1-3H,(H,13,14,15,16). The van der Waals surface area contributed by atoms with Crippen molar-refractivity contribution in [2.45, 2.75) is 0 Å². The minimum atomic E-state index is -0.272. The van der Waals surface area contributed by atoms with Crippen LogP contribution in [0, 0.1) is 0 Å². The van der Waals surface area contributed by atoms with Crippen LogP contribution in [0.1, 0.15) is 9.67 Å². The molecule has 0 aliphatic carbocycles. The van der Waals surface area contributed by atoms with Crippen LogP contribution >= 0.6 is 50.5 Å². The largest absolute Gasteiger partial charge is 0.306 e. The highest BCUT2D eigenvalue weighted by atomic mass is 79.9. The van der Waals surface area contributed by atoms with Crippen LogP contribution < -0.4 is 5.32 Å². The van der Waals surface area contributed by atoms with Crippen LogP contribution in [-0.2, 0) is 0 Å². The van der Waals surface area contributed by atoms with Gasteiger partial charge in [-0.05, 0) is 39.7 Å². The predicted molar refractivity (Wildman–Crippen MR) is 72.0 cm³/mol. The topological polar surface area (TPSA) is 54.9 Å². The first-order valence-electron chi connectivity index (χ1n) is 4.31. The molecule has 0 fully saturated rings. The average molecular weight is 353 g/mol. The zero-order chi connectivity index (χ0) is 12.4. The number of nitrogens with zero attached hydrogens (tertiary/aromatic N) is 2. The Morgan fingerprint density at radius 3 is 2.71 bits per heavy atom. The van der Waals surface area contributed by atoms with Crippen molar-refractivity contribution >= 4 is 62.2 Å². The van der Waals surface area contributed by atoms with E-state index in [1.54, 1.807) is 12.1 Å². The number of carbonyl (C=O) groups excluding carboxylic acids is 1. The number of hydrogen-bond donors (Lipinski definition) is 1. The van der Waals surface area contributed by atoms with Crippen molar-refractivity contribution in [1.82, 2.24) is 9.97 Å². The molecule has 1 amide bonds. The summed E-state index contributed by atoms with van der Waals surface area (Å²) in [7, 11) is 0. The molecule has 8 heteroatoms. The summed E-state index contributed by atoms with van der Waals surface area (Å²) in [5.74, 6) is -0.00365. The molecule has 2 rings (SSSR count). The first kappa shape index (κ1) is 12.8. The SMILES string of the molecule is O=C(Nc1cc(Cl)nc(Cl)n1)c1ccc(Br)s1. The van der Waals surface area contributed by atoms with E-state index in [4.69, 9.17) is 23.2 Å². The number of rotatable bonds is 2. The number of anilines is 1. The van der Waals surface area contributed by atoms with E-state index in [9.17, 15) is 4.79 Å². The van der Waals surface area contributed by atoms with Gasteiger partial charge in [-0.3, -0.25) is 4.79 Å². The Hall–Kier alpha value is -0.690. The van der Waals surface area contributed by atoms with Gasteiger partial charge in [-0.15, -0.1) is 11.3 Å². The van der Waals surface area contributed by atoms with Crippen molar-refractivity contribution in [1.29, 1.82) is 0 Å². The van der Waals surface area contributed by atoms with Gasteiger partial charge in [-0.2, -0.15) is 0 Å². The van der Waals surface area contributed by atoms with Crippen molar-refractivity contribution < 1.29 is 4.79 Å². The number of thiophene rings is 1. The zero-order valence-electron chi connectivity index (χ0n) is 8.08. The first-order chi connectivity index (χ1) is 8.04. The summed E-state index contributed by atoms with van der Waals surface area (Å²) < 4.78 is 0.876. The average Bonchev–Trinajstić information content (AvgIpc) is 2.63. The molecule has 0 spiro atoms. The molecule has 1 N–H and O–H groups in total. The van der Waals surface area contributed by atoms with Crippen molar-refractivity contribution in [2.75, 3.05) is 5.32 Å². The normalized spacial score (nSPS) is 10.3. The monoisotopic (exact) mass is 351 g/mol. The Morgan fingerprint density at radius 1 is 1.35 bits per heavy atom. The smallest absolute Gasteiger partial charge is 0.266 e. The van der Waals surface area contributed by atoms with Gasteiger partial charge in [-0.25, -0.2) is 9.97 Å². The second-order valence-electron chi connectivity index (χ2n) is 2.90. The van der Waals surface area contributed by atoms with Gasteiger partial charge in [0.2, 0.25) is 5.28 Å². The number of aromatic nitrogens is 2. The minimum absolute atomic E-state index is 0.0137. The zero-order valence-corrected chi connectivity index (χ0v) is 12.0. The third kappa shape index (κ3) is 3.38. The fourth-order valence-electron chi connectivity index (χ4n) is 1.07. The molecule has 2 aromatic heterocycles. The van der Waals surface area contributed by atoms with Crippen molar-refractivity contribution in [3.8, 4) is 0 Å². The molecule has 0 radical (unpaired) electrons. The number of hydrogen-bond acceptors (Lipinski definition) is 4. The lowest BCUT2D eigenvalue weighted by Gasteiger charge is -2.02. The number of nitrogens with one attached hydrogen (secondary N) is 1. The van der Waals surface area contributed by atoms with Crippen molar-refractivity contribution in [3.63, 3.8) is 0 Å². The van der Waals surface area contributed by atoms with E-state index in [1.807, 2.05) is 0 Å². The number of halogens is 3. The summed E-state index contributed by atoms with van der Waals surface area (Å²) in [6.45, 7) is 0. The van der Waals surface area contributed by atoms with Gasteiger partial charge in [0, 0.05) is 6.07 Å². The third-order valence-electron chi connectivity index (χ3n) is 1.71. The molecule has 2 heterocycles. The van der Waals surface area contributed by atoms with Gasteiger partial charge in [0.25, 0.3) is 5.91 Å². The molecule has 4 nitrogen and oxygen atoms in total. The molecule has 17 heavy (non-hydrogen) atoms. The molecule has 0 unspecified atom stereocenters. The Morgan fingerprint density at radius 2 is 2.12 bits per heavy atom. The third-order valence-corrected chi connectivity index (χ3v) is 3.69. The summed E-state index contributed by atoms with van der Waals surface area (Å²) in [5.41, 5.74) is 0. The summed E-state index contributed by atoms with van der Waals surface area (Å²) in [5, 5.41) is 2.74. The molecule has 0 saturated carbocycles. The van der Waals surface area contributed by atoms with Gasteiger partial charge in [0.1, 0.15) is 11.0 Å². The minimum Gasteiger partial charge on any atom is -0.306 e. The molecule has 0 aromatic carbocycles. The number of amides is 1. The Bertz CT molecular complexity index is 555. The quantitative estimate of drug-likeness (QED) is 0.659. The lowest BCUT2D eigenvalue weighted by Crippen LogP contribution is -2.11. The van der Waals surface area contributed by atoms with E-state index in [0.29, 0.717) is 4.88 Å². The maximum absolute atomic E-state index is 11.8. The van der Waals surface area contributed by atoms with E-state index >= 15 is 0 Å². The first-order valence-corrected chi connectivity index (χ1v) is 6.68. The van der Waals surface area contributed by atoms with Gasteiger partial charge in [-0.1, -0.05) is 11.6 Å². The molecular weight excluding hydrogens is 349 g/mol. The van der Waals surface area contributed by atoms with Crippen LogP contribution in [0.5, 0.6) is 0 Å². The van der Waals surface area contributed by atoms with Crippen molar-refractivity contribution in [2.24, 2.45) is 0 Å². The van der Waals surface area contributed by atoms with Crippen molar-refractivity contribution in [3.05, 3.63) is 37.3 Å². The van der Waals surface area contributed by atoms with Crippen LogP contribution in [0.2, 0.25) is 10.4 Å². The highest BCUT2D eigenvalue weighted by molar-refractivity contribution is 9.11. The molecule has 2 aromatic rings. The van der Waals surface area contributed by atoms with Gasteiger partial charge >= 0.3 is 0 Å². The predicted octanol–water partition coefficient (Wildman–Crippen LogP) is 3.86. The summed E-state index contributed by atoms with van der Waals surface area (Å²) in [6.07, 6.45) is 0. The summed E-state index contributed by atoms with van der Waals surface area (Å²) in [4.78, 5) is 19.9. The molecule has 0 bridgehead atoms. The second kappa shape index (κ2) is 5.30. The fraction of sp³-hybridized carbons (Fsp3) is 0. The van der Waals surface area contributed by atoms with E-state index < -0.39 is 0 Å². The lowest BCUT2D eigenvalue weighted by molar-refractivity contribution is 0.103. The van der Waals surface area contributed by atoms with Crippen LogP contribution in [0.25, 0.3) is 0 Å². The van der Waals surface area contributed by atoms with Gasteiger partial charge < -0.3 is 5.32 Å².